The summed E-state index contributed by atoms with van der Waals surface area (Å²) in [4.78, 5) is 0. The molecule has 1 atom stereocenters. The van der Waals surface area contributed by atoms with Gasteiger partial charge in [0.25, 0.3) is 0 Å². The van der Waals surface area contributed by atoms with Crippen molar-refractivity contribution in [1.29, 1.82) is 0 Å². The fourth-order valence-corrected chi connectivity index (χ4v) is 1.56. The number of aryl methyl sites for hydroxylation is 1. The fourth-order valence-electron chi connectivity index (χ4n) is 1.56. The standard InChI is InChI=1S/C12H20N2/c1-4-5-10(3)14-11-6-7-12(13)9(2)8-11/h6-8,10,14H,4-5,13H2,1-3H3. The van der Waals surface area contributed by atoms with Crippen LogP contribution in [0.2, 0.25) is 0 Å². The second kappa shape index (κ2) is 4.89. The van der Waals surface area contributed by atoms with E-state index in [0.717, 1.165) is 16.9 Å². The average molecular weight is 192 g/mol. The van der Waals surface area contributed by atoms with Crippen LogP contribution in [0, 0.1) is 6.92 Å². The Hall–Kier alpha value is -1.18. The molecule has 0 saturated carbocycles. The van der Waals surface area contributed by atoms with Gasteiger partial charge in [0, 0.05) is 17.4 Å². The molecule has 0 aliphatic rings. The molecule has 0 saturated heterocycles. The fraction of sp³-hybridized carbons (Fsp3) is 0.500. The summed E-state index contributed by atoms with van der Waals surface area (Å²) in [6, 6.07) is 6.62. The SMILES string of the molecule is CCCC(C)Nc1ccc(N)c(C)c1. The summed E-state index contributed by atoms with van der Waals surface area (Å²) in [5, 5.41) is 3.46. The molecule has 14 heavy (non-hydrogen) atoms. The third kappa shape index (κ3) is 2.95. The monoisotopic (exact) mass is 192 g/mol. The Labute approximate surface area is 86.5 Å². The van der Waals surface area contributed by atoms with Crippen molar-refractivity contribution in [2.45, 2.75) is 39.7 Å². The highest BCUT2D eigenvalue weighted by Gasteiger charge is 2.01. The van der Waals surface area contributed by atoms with Gasteiger partial charge in [-0.1, -0.05) is 13.3 Å². The zero-order chi connectivity index (χ0) is 10.6. The molecule has 1 rings (SSSR count). The third-order valence-corrected chi connectivity index (χ3v) is 2.40. The van der Waals surface area contributed by atoms with E-state index in [1.165, 1.54) is 12.8 Å². The topological polar surface area (TPSA) is 38.0 Å². The van der Waals surface area contributed by atoms with Crippen molar-refractivity contribution in [2.24, 2.45) is 0 Å². The van der Waals surface area contributed by atoms with Crippen molar-refractivity contribution in [3.63, 3.8) is 0 Å². The Morgan fingerprint density at radius 2 is 2.14 bits per heavy atom. The van der Waals surface area contributed by atoms with Crippen LogP contribution in [0.4, 0.5) is 11.4 Å². The van der Waals surface area contributed by atoms with E-state index in [2.05, 4.69) is 25.2 Å². The first-order chi connectivity index (χ1) is 6.63. The third-order valence-electron chi connectivity index (χ3n) is 2.40. The number of nitrogen functional groups attached to an aromatic ring is 1. The van der Waals surface area contributed by atoms with Gasteiger partial charge >= 0.3 is 0 Å². The highest BCUT2D eigenvalue weighted by Crippen LogP contribution is 2.17. The first-order valence-electron chi connectivity index (χ1n) is 5.26. The number of anilines is 2. The van der Waals surface area contributed by atoms with Gasteiger partial charge in [0.15, 0.2) is 0 Å². The Bertz CT molecular complexity index is 294. The predicted octanol–water partition coefficient (Wildman–Crippen LogP) is 3.18. The van der Waals surface area contributed by atoms with Crippen LogP contribution < -0.4 is 11.1 Å². The molecule has 0 aliphatic heterocycles. The maximum atomic E-state index is 5.75. The van der Waals surface area contributed by atoms with Crippen LogP contribution in [0.3, 0.4) is 0 Å². The molecule has 1 aromatic carbocycles. The number of rotatable bonds is 4. The molecule has 78 valence electrons. The number of hydrogen-bond acceptors (Lipinski definition) is 2. The minimum atomic E-state index is 0.531. The van der Waals surface area contributed by atoms with Gasteiger partial charge in [-0.2, -0.15) is 0 Å². The van der Waals surface area contributed by atoms with Crippen molar-refractivity contribution in [2.75, 3.05) is 11.1 Å². The lowest BCUT2D eigenvalue weighted by Crippen LogP contribution is -2.14. The van der Waals surface area contributed by atoms with Crippen LogP contribution in [-0.4, -0.2) is 6.04 Å². The van der Waals surface area contributed by atoms with Crippen molar-refractivity contribution < 1.29 is 0 Å². The summed E-state index contributed by atoms with van der Waals surface area (Å²) in [5.41, 5.74) is 8.91. The normalized spacial score (nSPS) is 12.5. The average Bonchev–Trinajstić information content (AvgIpc) is 2.12. The molecule has 2 nitrogen and oxygen atoms in total. The van der Waals surface area contributed by atoms with Crippen LogP contribution in [0.15, 0.2) is 18.2 Å². The van der Waals surface area contributed by atoms with Crippen LogP contribution in [0.1, 0.15) is 32.3 Å². The van der Waals surface area contributed by atoms with Crippen molar-refractivity contribution in [3.05, 3.63) is 23.8 Å². The molecular formula is C12H20N2. The quantitative estimate of drug-likeness (QED) is 0.719. The van der Waals surface area contributed by atoms with Crippen molar-refractivity contribution in [1.82, 2.24) is 0 Å². The Balaban J connectivity index is 2.63. The van der Waals surface area contributed by atoms with Gasteiger partial charge in [0.1, 0.15) is 0 Å². The van der Waals surface area contributed by atoms with E-state index in [0.29, 0.717) is 6.04 Å². The van der Waals surface area contributed by atoms with Crippen molar-refractivity contribution >= 4 is 11.4 Å². The molecule has 1 unspecified atom stereocenters. The van der Waals surface area contributed by atoms with Gasteiger partial charge in [0.2, 0.25) is 0 Å². The molecule has 0 aromatic heterocycles. The largest absolute Gasteiger partial charge is 0.399 e. The highest BCUT2D eigenvalue weighted by atomic mass is 14.9. The molecule has 0 fully saturated rings. The Morgan fingerprint density at radius 1 is 1.43 bits per heavy atom. The van der Waals surface area contributed by atoms with E-state index in [4.69, 9.17) is 5.73 Å². The predicted molar refractivity (Wildman–Crippen MR) is 63.6 cm³/mol. The summed E-state index contributed by atoms with van der Waals surface area (Å²) >= 11 is 0. The molecule has 2 heteroatoms. The lowest BCUT2D eigenvalue weighted by molar-refractivity contribution is 0.690. The highest BCUT2D eigenvalue weighted by molar-refractivity contribution is 5.56. The number of nitrogens with two attached hydrogens (primary N) is 1. The minimum absolute atomic E-state index is 0.531. The van der Waals surface area contributed by atoms with Crippen LogP contribution >= 0.6 is 0 Å². The molecule has 0 heterocycles. The van der Waals surface area contributed by atoms with Crippen LogP contribution in [-0.2, 0) is 0 Å². The summed E-state index contributed by atoms with van der Waals surface area (Å²) in [7, 11) is 0. The summed E-state index contributed by atoms with van der Waals surface area (Å²) in [6.45, 7) is 6.44. The first kappa shape index (κ1) is 10.9. The number of nitrogens with one attached hydrogen (secondary N) is 1. The zero-order valence-electron chi connectivity index (χ0n) is 9.30. The molecule has 0 aliphatic carbocycles. The van der Waals surface area contributed by atoms with Gasteiger partial charge < -0.3 is 11.1 Å². The molecule has 0 amide bonds. The lowest BCUT2D eigenvalue weighted by atomic mass is 10.1. The molecule has 3 N–H and O–H groups in total. The second-order valence-electron chi connectivity index (χ2n) is 3.91. The molecule has 0 spiro atoms. The number of hydrogen-bond donors (Lipinski definition) is 2. The molecular weight excluding hydrogens is 172 g/mol. The smallest absolute Gasteiger partial charge is 0.0346 e. The van der Waals surface area contributed by atoms with Gasteiger partial charge in [-0.25, -0.2) is 0 Å². The van der Waals surface area contributed by atoms with E-state index in [1.54, 1.807) is 0 Å². The minimum Gasteiger partial charge on any atom is -0.399 e. The summed E-state index contributed by atoms with van der Waals surface area (Å²) in [6.07, 6.45) is 2.41. The van der Waals surface area contributed by atoms with Crippen LogP contribution in [0.5, 0.6) is 0 Å². The maximum absolute atomic E-state index is 5.75. The van der Waals surface area contributed by atoms with Gasteiger partial charge in [0.05, 0.1) is 0 Å². The van der Waals surface area contributed by atoms with Crippen LogP contribution in [0.25, 0.3) is 0 Å². The lowest BCUT2D eigenvalue weighted by Gasteiger charge is -2.15. The zero-order valence-corrected chi connectivity index (χ0v) is 9.30. The van der Waals surface area contributed by atoms with E-state index >= 15 is 0 Å². The van der Waals surface area contributed by atoms with E-state index in [1.807, 2.05) is 19.1 Å². The Morgan fingerprint density at radius 3 is 2.71 bits per heavy atom. The maximum Gasteiger partial charge on any atom is 0.0346 e. The summed E-state index contributed by atoms with van der Waals surface area (Å²) in [5.74, 6) is 0. The van der Waals surface area contributed by atoms with Gasteiger partial charge in [-0.3, -0.25) is 0 Å². The molecule has 0 bridgehead atoms. The molecule has 1 aromatic rings. The summed E-state index contributed by atoms with van der Waals surface area (Å²) < 4.78 is 0. The van der Waals surface area contributed by atoms with E-state index in [-0.39, 0.29) is 0 Å². The second-order valence-corrected chi connectivity index (χ2v) is 3.91. The van der Waals surface area contributed by atoms with E-state index in [9.17, 15) is 0 Å². The number of benzene rings is 1. The first-order valence-corrected chi connectivity index (χ1v) is 5.26. The van der Waals surface area contributed by atoms with Gasteiger partial charge in [-0.05, 0) is 44.0 Å². The molecule has 0 radical (unpaired) electrons. The van der Waals surface area contributed by atoms with Crippen molar-refractivity contribution in [3.8, 4) is 0 Å². The Kier molecular flexibility index (Phi) is 3.81. The van der Waals surface area contributed by atoms with E-state index < -0.39 is 0 Å². The van der Waals surface area contributed by atoms with Gasteiger partial charge in [-0.15, -0.1) is 0 Å².